The smallest absolute Gasteiger partial charge is 0.324 e. The first-order valence-electron chi connectivity index (χ1n) is 9.53. The van der Waals surface area contributed by atoms with Crippen molar-refractivity contribution < 1.29 is 14.3 Å². The topological polar surface area (TPSA) is 88.5 Å². The standard InChI is InChI=1S/C20H27N5O3/c1-14(2)19(26)24-12-9-15(10-13-24)25-18(8-11-21-25)23-20(27)22-16-6-4-5-7-17(16)28-3/h4-8,11,14-15H,9-10,12-13H2,1-3H3,(H2,22,23,27). The molecule has 0 spiro atoms. The third kappa shape index (κ3) is 4.44. The van der Waals surface area contributed by atoms with Crippen LogP contribution >= 0.6 is 0 Å². The number of carbonyl (C=O) groups is 2. The van der Waals surface area contributed by atoms with E-state index in [0.717, 1.165) is 12.8 Å². The second kappa shape index (κ2) is 8.77. The van der Waals surface area contributed by atoms with Crippen molar-refractivity contribution in [2.45, 2.75) is 32.7 Å². The maximum Gasteiger partial charge on any atom is 0.324 e. The maximum absolute atomic E-state index is 12.4. The number of aromatic nitrogens is 2. The Morgan fingerprint density at radius 3 is 2.54 bits per heavy atom. The molecule has 0 saturated carbocycles. The summed E-state index contributed by atoms with van der Waals surface area (Å²) >= 11 is 0. The molecule has 0 radical (unpaired) electrons. The molecule has 1 aromatic carbocycles. The van der Waals surface area contributed by atoms with Crippen LogP contribution < -0.4 is 15.4 Å². The van der Waals surface area contributed by atoms with Gasteiger partial charge in [-0.15, -0.1) is 0 Å². The molecule has 2 aromatic rings. The van der Waals surface area contributed by atoms with E-state index in [4.69, 9.17) is 4.74 Å². The highest BCUT2D eigenvalue weighted by atomic mass is 16.5. The molecule has 150 valence electrons. The minimum absolute atomic E-state index is 0.0113. The number of anilines is 2. The van der Waals surface area contributed by atoms with Crippen molar-refractivity contribution in [3.8, 4) is 5.75 Å². The van der Waals surface area contributed by atoms with Crippen LogP contribution in [0.25, 0.3) is 0 Å². The van der Waals surface area contributed by atoms with Crippen LogP contribution in [-0.4, -0.2) is 46.8 Å². The second-order valence-electron chi connectivity index (χ2n) is 7.15. The average molecular weight is 385 g/mol. The van der Waals surface area contributed by atoms with Crippen molar-refractivity contribution in [2.24, 2.45) is 5.92 Å². The number of hydrogen-bond donors (Lipinski definition) is 2. The molecule has 1 aromatic heterocycles. The van der Waals surface area contributed by atoms with Gasteiger partial charge in [0.1, 0.15) is 11.6 Å². The number of benzene rings is 1. The van der Waals surface area contributed by atoms with E-state index in [1.54, 1.807) is 31.5 Å². The van der Waals surface area contributed by atoms with Gasteiger partial charge in [-0.3, -0.25) is 10.1 Å². The molecular weight excluding hydrogens is 358 g/mol. The number of amides is 3. The molecule has 0 unspecified atom stereocenters. The highest BCUT2D eigenvalue weighted by Crippen LogP contribution is 2.27. The van der Waals surface area contributed by atoms with E-state index in [-0.39, 0.29) is 23.9 Å². The molecule has 3 rings (SSSR count). The Balaban J connectivity index is 1.61. The van der Waals surface area contributed by atoms with Gasteiger partial charge in [-0.1, -0.05) is 26.0 Å². The molecule has 0 atom stereocenters. The Morgan fingerprint density at radius 1 is 1.14 bits per heavy atom. The van der Waals surface area contributed by atoms with Crippen molar-refractivity contribution >= 4 is 23.4 Å². The Hall–Kier alpha value is -3.03. The molecule has 1 saturated heterocycles. The predicted octanol–water partition coefficient (Wildman–Crippen LogP) is 3.36. The van der Waals surface area contributed by atoms with Gasteiger partial charge in [0.15, 0.2) is 0 Å². The molecule has 8 nitrogen and oxygen atoms in total. The van der Waals surface area contributed by atoms with Gasteiger partial charge in [-0.05, 0) is 25.0 Å². The average Bonchev–Trinajstić information content (AvgIpc) is 3.15. The Kier molecular flexibility index (Phi) is 6.18. The minimum Gasteiger partial charge on any atom is -0.495 e. The van der Waals surface area contributed by atoms with Crippen LogP contribution in [-0.2, 0) is 4.79 Å². The Bertz CT molecular complexity index is 825. The van der Waals surface area contributed by atoms with Crippen molar-refractivity contribution in [3.63, 3.8) is 0 Å². The maximum atomic E-state index is 12.4. The molecule has 2 heterocycles. The molecule has 0 aliphatic carbocycles. The molecule has 3 amide bonds. The van der Waals surface area contributed by atoms with Crippen LogP contribution in [0.2, 0.25) is 0 Å². The van der Waals surface area contributed by atoms with E-state index >= 15 is 0 Å². The fourth-order valence-electron chi connectivity index (χ4n) is 3.42. The van der Waals surface area contributed by atoms with E-state index < -0.39 is 0 Å². The fraction of sp³-hybridized carbons (Fsp3) is 0.450. The summed E-state index contributed by atoms with van der Waals surface area (Å²) in [6.45, 7) is 5.25. The summed E-state index contributed by atoms with van der Waals surface area (Å²) in [4.78, 5) is 26.5. The molecule has 1 aliphatic rings. The summed E-state index contributed by atoms with van der Waals surface area (Å²) in [6.07, 6.45) is 3.29. The van der Waals surface area contributed by atoms with Crippen LogP contribution in [0.4, 0.5) is 16.3 Å². The largest absolute Gasteiger partial charge is 0.495 e. The Labute approximate surface area is 164 Å². The molecule has 8 heteroatoms. The highest BCUT2D eigenvalue weighted by Gasteiger charge is 2.26. The summed E-state index contributed by atoms with van der Waals surface area (Å²) in [5, 5.41) is 10.0. The van der Waals surface area contributed by atoms with E-state index in [1.807, 2.05) is 35.6 Å². The number of nitrogens with one attached hydrogen (secondary N) is 2. The summed E-state index contributed by atoms with van der Waals surface area (Å²) in [5.41, 5.74) is 0.592. The number of para-hydroxylation sites is 2. The third-order valence-electron chi connectivity index (χ3n) is 4.88. The second-order valence-corrected chi connectivity index (χ2v) is 7.15. The van der Waals surface area contributed by atoms with E-state index in [9.17, 15) is 9.59 Å². The zero-order chi connectivity index (χ0) is 20.1. The number of urea groups is 1. The molecule has 2 N–H and O–H groups in total. The van der Waals surface area contributed by atoms with Crippen LogP contribution in [0.5, 0.6) is 5.75 Å². The quantitative estimate of drug-likeness (QED) is 0.826. The lowest BCUT2D eigenvalue weighted by Gasteiger charge is -2.33. The number of nitrogens with zero attached hydrogens (tertiary/aromatic N) is 3. The number of rotatable bonds is 5. The zero-order valence-electron chi connectivity index (χ0n) is 16.5. The fourth-order valence-corrected chi connectivity index (χ4v) is 3.42. The monoisotopic (exact) mass is 385 g/mol. The summed E-state index contributed by atoms with van der Waals surface area (Å²) in [5.74, 6) is 1.42. The normalized spacial score (nSPS) is 14.8. The van der Waals surface area contributed by atoms with Gasteiger partial charge < -0.3 is 15.0 Å². The number of methoxy groups -OCH3 is 1. The van der Waals surface area contributed by atoms with E-state index in [2.05, 4.69) is 15.7 Å². The lowest BCUT2D eigenvalue weighted by Crippen LogP contribution is -2.41. The van der Waals surface area contributed by atoms with Crippen molar-refractivity contribution in [3.05, 3.63) is 36.5 Å². The first-order chi connectivity index (χ1) is 13.5. The Morgan fingerprint density at radius 2 is 1.86 bits per heavy atom. The molecule has 0 bridgehead atoms. The van der Waals surface area contributed by atoms with Crippen molar-refractivity contribution in [2.75, 3.05) is 30.8 Å². The highest BCUT2D eigenvalue weighted by molar-refractivity contribution is 6.00. The van der Waals surface area contributed by atoms with Gasteiger partial charge >= 0.3 is 6.03 Å². The number of likely N-dealkylation sites (tertiary alicyclic amines) is 1. The third-order valence-corrected chi connectivity index (χ3v) is 4.88. The first kappa shape index (κ1) is 19.7. The molecule has 28 heavy (non-hydrogen) atoms. The number of carbonyl (C=O) groups excluding carboxylic acids is 2. The van der Waals surface area contributed by atoms with Gasteiger partial charge in [-0.25, -0.2) is 9.48 Å². The number of hydrogen-bond acceptors (Lipinski definition) is 4. The lowest BCUT2D eigenvalue weighted by atomic mass is 10.0. The summed E-state index contributed by atoms with van der Waals surface area (Å²) in [6, 6.07) is 8.78. The van der Waals surface area contributed by atoms with Crippen LogP contribution in [0.15, 0.2) is 36.5 Å². The zero-order valence-corrected chi connectivity index (χ0v) is 16.5. The summed E-state index contributed by atoms with van der Waals surface area (Å²) < 4.78 is 7.09. The first-order valence-corrected chi connectivity index (χ1v) is 9.53. The van der Waals surface area contributed by atoms with Gasteiger partial charge in [0, 0.05) is 25.1 Å². The predicted molar refractivity (Wildman–Crippen MR) is 108 cm³/mol. The van der Waals surface area contributed by atoms with E-state index in [0.29, 0.717) is 30.3 Å². The van der Waals surface area contributed by atoms with Gasteiger partial charge in [0.25, 0.3) is 0 Å². The summed E-state index contributed by atoms with van der Waals surface area (Å²) in [7, 11) is 1.56. The van der Waals surface area contributed by atoms with E-state index in [1.165, 1.54) is 0 Å². The molecule has 1 aliphatic heterocycles. The van der Waals surface area contributed by atoms with Gasteiger partial charge in [0.2, 0.25) is 5.91 Å². The SMILES string of the molecule is COc1ccccc1NC(=O)Nc1ccnn1C1CCN(C(=O)C(C)C)CC1. The van der Waals surface area contributed by atoms with Crippen molar-refractivity contribution in [1.29, 1.82) is 0 Å². The van der Waals surface area contributed by atoms with Crippen molar-refractivity contribution in [1.82, 2.24) is 14.7 Å². The van der Waals surface area contributed by atoms with Crippen LogP contribution in [0, 0.1) is 5.92 Å². The van der Waals surface area contributed by atoms with Crippen LogP contribution in [0.1, 0.15) is 32.7 Å². The van der Waals surface area contributed by atoms with Gasteiger partial charge in [0.05, 0.1) is 25.0 Å². The number of ether oxygens (including phenoxy) is 1. The minimum atomic E-state index is -0.362. The number of piperidine rings is 1. The van der Waals surface area contributed by atoms with Crippen LogP contribution in [0.3, 0.4) is 0 Å². The molecule has 1 fully saturated rings. The van der Waals surface area contributed by atoms with Gasteiger partial charge in [-0.2, -0.15) is 5.10 Å². The lowest BCUT2D eigenvalue weighted by molar-refractivity contribution is -0.135. The molecular formula is C20H27N5O3.